The second kappa shape index (κ2) is 9.77. The van der Waals surface area contributed by atoms with Gasteiger partial charge in [0.2, 0.25) is 5.91 Å². The van der Waals surface area contributed by atoms with Gasteiger partial charge in [-0.05, 0) is 30.2 Å². The van der Waals surface area contributed by atoms with E-state index in [2.05, 4.69) is 10.6 Å². The lowest BCUT2D eigenvalue weighted by atomic mass is 9.74. The van der Waals surface area contributed by atoms with Gasteiger partial charge in [-0.25, -0.2) is 8.78 Å². The van der Waals surface area contributed by atoms with E-state index in [1.165, 1.54) is 30.3 Å². The average Bonchev–Trinajstić information content (AvgIpc) is 3.07. The van der Waals surface area contributed by atoms with Crippen molar-refractivity contribution in [1.29, 1.82) is 0 Å². The first-order valence-corrected chi connectivity index (χ1v) is 10.4. The second-order valence-electron chi connectivity index (χ2n) is 7.56. The van der Waals surface area contributed by atoms with Crippen molar-refractivity contribution in [2.24, 2.45) is 5.73 Å². The SMILES string of the molecule is N[C@]1(c2ccc(Cl)cc2F)CN[C@@H](C(=O)NCC[C@H](O)CO)[C@@H]1c1cccc(Cl)c1F. The largest absolute Gasteiger partial charge is 0.394 e. The Labute approximate surface area is 188 Å². The summed E-state index contributed by atoms with van der Waals surface area (Å²) in [6.45, 7) is -0.370. The van der Waals surface area contributed by atoms with E-state index in [9.17, 15) is 18.7 Å². The molecule has 1 heterocycles. The predicted octanol–water partition coefficient (Wildman–Crippen LogP) is 2.04. The molecule has 168 valence electrons. The maximum Gasteiger partial charge on any atom is 0.237 e. The lowest BCUT2D eigenvalue weighted by Crippen LogP contribution is -2.48. The average molecular weight is 474 g/mol. The molecule has 0 spiro atoms. The van der Waals surface area contributed by atoms with Gasteiger partial charge in [-0.15, -0.1) is 0 Å². The van der Waals surface area contributed by atoms with Crippen LogP contribution in [-0.2, 0) is 10.3 Å². The fraction of sp³-hybridized carbons (Fsp3) is 0.381. The highest BCUT2D eigenvalue weighted by atomic mass is 35.5. The molecule has 0 saturated carbocycles. The van der Waals surface area contributed by atoms with E-state index in [0.717, 1.165) is 6.07 Å². The Bertz CT molecular complexity index is 965. The summed E-state index contributed by atoms with van der Waals surface area (Å²) in [5.74, 6) is -2.91. The molecular formula is C21H23Cl2F2N3O3. The van der Waals surface area contributed by atoms with Crippen molar-refractivity contribution < 1.29 is 23.8 Å². The molecule has 0 bridgehead atoms. The minimum absolute atomic E-state index is 0.0144. The molecule has 1 saturated heterocycles. The molecule has 4 atom stereocenters. The van der Waals surface area contributed by atoms with Crippen LogP contribution >= 0.6 is 23.2 Å². The summed E-state index contributed by atoms with van der Waals surface area (Å²) in [5, 5.41) is 24.0. The normalized spacial score (nSPS) is 24.2. The number of rotatable bonds is 7. The Morgan fingerprint density at radius 2 is 2.06 bits per heavy atom. The van der Waals surface area contributed by atoms with Crippen LogP contribution < -0.4 is 16.4 Å². The van der Waals surface area contributed by atoms with Crippen LogP contribution in [0, 0.1) is 11.6 Å². The molecule has 1 fully saturated rings. The van der Waals surface area contributed by atoms with Crippen molar-refractivity contribution in [2.75, 3.05) is 19.7 Å². The van der Waals surface area contributed by atoms with Crippen molar-refractivity contribution in [1.82, 2.24) is 10.6 Å². The minimum atomic E-state index is -1.48. The number of nitrogens with two attached hydrogens (primary N) is 1. The van der Waals surface area contributed by atoms with Gasteiger partial charge in [0.1, 0.15) is 11.6 Å². The number of benzene rings is 2. The lowest BCUT2D eigenvalue weighted by molar-refractivity contribution is -0.123. The third-order valence-electron chi connectivity index (χ3n) is 5.52. The van der Waals surface area contributed by atoms with E-state index in [-0.39, 0.29) is 40.7 Å². The smallest absolute Gasteiger partial charge is 0.237 e. The molecule has 1 aliphatic rings. The number of nitrogens with one attached hydrogen (secondary N) is 2. The molecule has 0 aliphatic carbocycles. The van der Waals surface area contributed by atoms with E-state index < -0.39 is 47.8 Å². The Morgan fingerprint density at radius 3 is 2.74 bits per heavy atom. The maximum atomic E-state index is 15.0. The molecule has 3 rings (SSSR count). The van der Waals surface area contributed by atoms with Crippen molar-refractivity contribution >= 4 is 29.1 Å². The first kappa shape index (κ1) is 23.8. The third-order valence-corrected chi connectivity index (χ3v) is 6.05. The molecule has 1 aliphatic heterocycles. The van der Waals surface area contributed by atoms with Gasteiger partial charge < -0.3 is 26.6 Å². The summed E-state index contributed by atoms with van der Waals surface area (Å²) >= 11 is 11.8. The van der Waals surface area contributed by atoms with Crippen molar-refractivity contribution in [3.8, 4) is 0 Å². The standard InChI is InChI=1S/C21H23Cl2F2N3O3/c22-11-4-5-14(16(24)8-11)21(26)10-28-19(20(31)27-7-6-12(30)9-29)17(21)13-2-1-3-15(23)18(13)25/h1-5,8,12,17,19,28-30H,6-7,9-10,26H2,(H,27,31)/t12-,17-,19+,21-/m0/s1. The zero-order chi connectivity index (χ0) is 22.8. The minimum Gasteiger partial charge on any atom is -0.394 e. The van der Waals surface area contributed by atoms with Crippen molar-refractivity contribution in [3.63, 3.8) is 0 Å². The van der Waals surface area contributed by atoms with Crippen molar-refractivity contribution in [3.05, 3.63) is 69.2 Å². The number of carbonyl (C=O) groups excluding carboxylic acids is 1. The quantitative estimate of drug-likeness (QED) is 0.422. The highest BCUT2D eigenvalue weighted by molar-refractivity contribution is 6.31. The summed E-state index contributed by atoms with van der Waals surface area (Å²) in [6, 6.07) is 7.37. The summed E-state index contributed by atoms with van der Waals surface area (Å²) < 4.78 is 29.8. The van der Waals surface area contributed by atoms with Gasteiger partial charge in [0, 0.05) is 29.6 Å². The molecule has 31 heavy (non-hydrogen) atoms. The summed E-state index contributed by atoms with van der Waals surface area (Å²) in [7, 11) is 0. The fourth-order valence-corrected chi connectivity index (χ4v) is 4.30. The number of hydrogen-bond donors (Lipinski definition) is 5. The molecular weight excluding hydrogens is 451 g/mol. The first-order valence-electron chi connectivity index (χ1n) is 9.67. The molecule has 2 aromatic rings. The van der Waals surface area contributed by atoms with Gasteiger partial charge in [0.05, 0.1) is 29.3 Å². The molecule has 10 heteroatoms. The number of halogens is 4. The summed E-state index contributed by atoms with van der Waals surface area (Å²) in [5.41, 5.74) is 5.32. The van der Waals surface area contributed by atoms with Crippen LogP contribution in [0.2, 0.25) is 10.0 Å². The van der Waals surface area contributed by atoms with E-state index in [1.54, 1.807) is 0 Å². The van der Waals surface area contributed by atoms with Gasteiger partial charge in [-0.2, -0.15) is 0 Å². The van der Waals surface area contributed by atoms with Crippen LogP contribution in [-0.4, -0.2) is 48.0 Å². The van der Waals surface area contributed by atoms with Gasteiger partial charge in [0.25, 0.3) is 0 Å². The molecule has 0 radical (unpaired) electrons. The Balaban J connectivity index is 2.00. The van der Waals surface area contributed by atoms with E-state index in [4.69, 9.17) is 34.0 Å². The van der Waals surface area contributed by atoms with Gasteiger partial charge in [-0.1, -0.05) is 41.4 Å². The van der Waals surface area contributed by atoms with Gasteiger partial charge in [-0.3, -0.25) is 4.79 Å². The van der Waals surface area contributed by atoms with Crippen molar-refractivity contribution in [2.45, 2.75) is 30.0 Å². The topological polar surface area (TPSA) is 108 Å². The van der Waals surface area contributed by atoms with Crippen LogP contribution in [0.15, 0.2) is 36.4 Å². The van der Waals surface area contributed by atoms with E-state index >= 15 is 0 Å². The van der Waals surface area contributed by atoms with Crippen LogP contribution in [0.5, 0.6) is 0 Å². The molecule has 6 N–H and O–H groups in total. The zero-order valence-electron chi connectivity index (χ0n) is 16.4. The Morgan fingerprint density at radius 1 is 1.32 bits per heavy atom. The second-order valence-corrected chi connectivity index (χ2v) is 8.40. The van der Waals surface area contributed by atoms with E-state index in [1.807, 2.05) is 0 Å². The Kier molecular flexibility index (Phi) is 7.51. The lowest BCUT2D eigenvalue weighted by Gasteiger charge is -2.34. The summed E-state index contributed by atoms with van der Waals surface area (Å²) in [4.78, 5) is 12.9. The summed E-state index contributed by atoms with van der Waals surface area (Å²) in [6.07, 6.45) is -0.847. The Hall–Kier alpha value is -1.81. The molecule has 6 nitrogen and oxygen atoms in total. The zero-order valence-corrected chi connectivity index (χ0v) is 17.9. The number of aliphatic hydroxyl groups is 2. The maximum absolute atomic E-state index is 15.0. The first-order chi connectivity index (χ1) is 14.7. The number of hydrogen-bond acceptors (Lipinski definition) is 5. The van der Waals surface area contributed by atoms with Crippen LogP contribution in [0.1, 0.15) is 23.5 Å². The molecule has 0 aromatic heterocycles. The molecule has 0 unspecified atom stereocenters. The highest BCUT2D eigenvalue weighted by Crippen LogP contribution is 2.44. The number of carbonyl (C=O) groups is 1. The van der Waals surface area contributed by atoms with Gasteiger partial charge >= 0.3 is 0 Å². The number of aliphatic hydroxyl groups excluding tert-OH is 2. The molecule has 2 aromatic carbocycles. The monoisotopic (exact) mass is 473 g/mol. The molecule has 1 amide bonds. The van der Waals surface area contributed by atoms with Crippen LogP contribution in [0.25, 0.3) is 0 Å². The van der Waals surface area contributed by atoms with Crippen LogP contribution in [0.4, 0.5) is 8.78 Å². The number of amides is 1. The van der Waals surface area contributed by atoms with Crippen LogP contribution in [0.3, 0.4) is 0 Å². The third kappa shape index (κ3) is 4.84. The fourth-order valence-electron chi connectivity index (χ4n) is 3.96. The predicted molar refractivity (Wildman–Crippen MR) is 114 cm³/mol. The highest BCUT2D eigenvalue weighted by Gasteiger charge is 2.52. The van der Waals surface area contributed by atoms with E-state index in [0.29, 0.717) is 0 Å². The van der Waals surface area contributed by atoms with Gasteiger partial charge in [0.15, 0.2) is 0 Å².